The van der Waals surface area contributed by atoms with Crippen molar-refractivity contribution in [2.45, 2.75) is 72.1 Å². The van der Waals surface area contributed by atoms with Gasteiger partial charge in [-0.25, -0.2) is 0 Å². The molecule has 2 aliphatic rings. The molecule has 2 rings (SSSR count). The maximum atomic E-state index is 2.65. The Morgan fingerprint density at radius 1 is 1.24 bits per heavy atom. The quantitative estimate of drug-likeness (QED) is 0.527. The molecule has 1 aliphatic carbocycles. The lowest BCUT2D eigenvalue weighted by atomic mass is 9.81. The lowest BCUT2D eigenvalue weighted by Crippen LogP contribution is -2.24. The van der Waals surface area contributed by atoms with Gasteiger partial charge < -0.3 is 4.90 Å². The average molecular weight is 290 g/mol. The highest BCUT2D eigenvalue weighted by Crippen LogP contribution is 2.32. The van der Waals surface area contributed by atoms with Gasteiger partial charge in [-0.3, -0.25) is 0 Å². The minimum Gasteiger partial charge on any atom is -0.303 e. The van der Waals surface area contributed by atoms with Crippen molar-refractivity contribution in [2.24, 2.45) is 11.8 Å². The van der Waals surface area contributed by atoms with Crippen molar-refractivity contribution >= 4 is 0 Å². The summed E-state index contributed by atoms with van der Waals surface area (Å²) in [7, 11) is 0. The predicted octanol–water partition coefficient (Wildman–Crippen LogP) is 5.58. The summed E-state index contributed by atoms with van der Waals surface area (Å²) in [4.78, 5) is 2.65. The van der Waals surface area contributed by atoms with Gasteiger partial charge in [-0.05, 0) is 82.5 Å². The van der Waals surface area contributed by atoms with Crippen LogP contribution in [0.5, 0.6) is 0 Å². The van der Waals surface area contributed by atoms with Gasteiger partial charge in [0.05, 0.1) is 0 Å². The molecular weight excluding hydrogens is 254 g/mol. The van der Waals surface area contributed by atoms with E-state index in [4.69, 9.17) is 0 Å². The number of hydrogen-bond acceptors (Lipinski definition) is 1. The van der Waals surface area contributed by atoms with E-state index < -0.39 is 0 Å². The van der Waals surface area contributed by atoms with Gasteiger partial charge in [0.25, 0.3) is 0 Å². The molecule has 0 amide bonds. The molecule has 0 bridgehead atoms. The minimum absolute atomic E-state index is 0.780. The fourth-order valence-corrected chi connectivity index (χ4v) is 3.80. The smallest absolute Gasteiger partial charge is 0.00160 e. The Morgan fingerprint density at radius 3 is 2.67 bits per heavy atom. The first-order chi connectivity index (χ1) is 10.2. The normalized spacial score (nSPS) is 24.8. The van der Waals surface area contributed by atoms with Crippen LogP contribution in [0.25, 0.3) is 0 Å². The van der Waals surface area contributed by atoms with E-state index in [1.165, 1.54) is 71.0 Å². The molecule has 0 radical (unpaired) electrons. The van der Waals surface area contributed by atoms with Crippen molar-refractivity contribution in [3.63, 3.8) is 0 Å². The maximum absolute atomic E-state index is 2.65. The zero-order chi connectivity index (χ0) is 15.1. The van der Waals surface area contributed by atoms with E-state index in [0.717, 1.165) is 11.8 Å². The van der Waals surface area contributed by atoms with Crippen LogP contribution in [0.1, 0.15) is 72.1 Å². The summed E-state index contributed by atoms with van der Waals surface area (Å²) < 4.78 is 0. The fourth-order valence-electron chi connectivity index (χ4n) is 3.80. The van der Waals surface area contributed by atoms with Crippen molar-refractivity contribution < 1.29 is 0 Å². The summed E-state index contributed by atoms with van der Waals surface area (Å²) in [5, 5.41) is 0. The largest absolute Gasteiger partial charge is 0.303 e. The molecule has 0 aromatic heterocycles. The molecule has 0 aromatic rings. The molecule has 1 aliphatic heterocycles. The van der Waals surface area contributed by atoms with E-state index in [0.29, 0.717) is 0 Å². The van der Waals surface area contributed by atoms with Crippen LogP contribution >= 0.6 is 0 Å². The van der Waals surface area contributed by atoms with Gasteiger partial charge in [0.2, 0.25) is 0 Å². The number of unbranched alkanes of at least 4 members (excludes halogenated alkanes) is 2. The summed E-state index contributed by atoms with van der Waals surface area (Å²) in [5.41, 5.74) is 3.20. The molecule has 0 spiro atoms. The second-order valence-electron chi connectivity index (χ2n) is 7.25. The first kappa shape index (κ1) is 16.8. The van der Waals surface area contributed by atoms with Crippen molar-refractivity contribution in [3.8, 4) is 0 Å². The number of hydrogen-bond donors (Lipinski definition) is 0. The molecule has 21 heavy (non-hydrogen) atoms. The summed E-state index contributed by atoms with van der Waals surface area (Å²) >= 11 is 0. The highest BCUT2D eigenvalue weighted by molar-refractivity contribution is 5.33. The third-order valence-electron chi connectivity index (χ3n) is 5.49. The molecule has 0 aromatic carbocycles. The van der Waals surface area contributed by atoms with Crippen molar-refractivity contribution in [3.05, 3.63) is 23.3 Å². The molecule has 2 atom stereocenters. The monoisotopic (exact) mass is 289 g/mol. The van der Waals surface area contributed by atoms with Crippen LogP contribution in [-0.4, -0.2) is 24.5 Å². The molecule has 1 fully saturated rings. The van der Waals surface area contributed by atoms with Crippen LogP contribution in [0.15, 0.2) is 23.3 Å². The summed E-state index contributed by atoms with van der Waals surface area (Å²) in [5.74, 6) is 1.61. The number of likely N-dealkylation sites (tertiary alicyclic amines) is 1. The summed E-state index contributed by atoms with van der Waals surface area (Å²) in [6.07, 6.45) is 16.0. The third kappa shape index (κ3) is 5.29. The van der Waals surface area contributed by atoms with Crippen LogP contribution in [0.2, 0.25) is 0 Å². The Balaban J connectivity index is 1.74. The SMILES string of the molecule is CCCCCC1=CCC([C@@H](C)CCN2CCCC2)C=C1C. The van der Waals surface area contributed by atoms with E-state index >= 15 is 0 Å². The Kier molecular flexibility index (Phi) is 7.03. The second-order valence-corrected chi connectivity index (χ2v) is 7.25. The summed E-state index contributed by atoms with van der Waals surface area (Å²) in [6, 6.07) is 0. The van der Waals surface area contributed by atoms with Crippen LogP contribution in [0.4, 0.5) is 0 Å². The van der Waals surface area contributed by atoms with E-state index in [2.05, 4.69) is 37.8 Å². The van der Waals surface area contributed by atoms with Gasteiger partial charge in [0.15, 0.2) is 0 Å². The Labute approximate surface area is 132 Å². The molecular formula is C20H35N. The standard InChI is InChI=1S/C20H35N/c1-4-5-6-9-19-10-11-20(16-18(19)3)17(2)12-15-21-13-7-8-14-21/h10,16-17,20H,4-9,11-15H2,1-3H3/t17-,20?/m0/s1. The van der Waals surface area contributed by atoms with Gasteiger partial charge in [0.1, 0.15) is 0 Å². The highest BCUT2D eigenvalue weighted by Gasteiger charge is 2.20. The van der Waals surface area contributed by atoms with Gasteiger partial charge in [-0.1, -0.05) is 44.4 Å². The molecule has 1 heterocycles. The van der Waals surface area contributed by atoms with Crippen LogP contribution < -0.4 is 0 Å². The van der Waals surface area contributed by atoms with E-state index in [1.807, 2.05) is 0 Å². The lowest BCUT2D eigenvalue weighted by Gasteiger charge is -2.27. The molecule has 0 N–H and O–H groups in total. The third-order valence-corrected chi connectivity index (χ3v) is 5.49. The Hall–Kier alpha value is -0.560. The van der Waals surface area contributed by atoms with Crippen molar-refractivity contribution in [1.29, 1.82) is 0 Å². The zero-order valence-corrected chi connectivity index (χ0v) is 14.5. The zero-order valence-electron chi connectivity index (χ0n) is 14.5. The fraction of sp³-hybridized carbons (Fsp3) is 0.800. The first-order valence-corrected chi connectivity index (χ1v) is 9.31. The second kappa shape index (κ2) is 8.78. The first-order valence-electron chi connectivity index (χ1n) is 9.31. The predicted molar refractivity (Wildman–Crippen MR) is 93.5 cm³/mol. The molecule has 1 nitrogen and oxygen atoms in total. The molecule has 1 heteroatoms. The summed E-state index contributed by atoms with van der Waals surface area (Å²) in [6.45, 7) is 11.1. The maximum Gasteiger partial charge on any atom is -0.00160 e. The minimum atomic E-state index is 0.780. The lowest BCUT2D eigenvalue weighted by molar-refractivity contribution is 0.284. The number of rotatable bonds is 8. The van der Waals surface area contributed by atoms with Gasteiger partial charge in [0, 0.05) is 0 Å². The average Bonchev–Trinajstić information content (AvgIpc) is 3.00. The van der Waals surface area contributed by atoms with Crippen molar-refractivity contribution in [2.75, 3.05) is 19.6 Å². The molecule has 120 valence electrons. The van der Waals surface area contributed by atoms with Crippen LogP contribution in [0.3, 0.4) is 0 Å². The van der Waals surface area contributed by atoms with E-state index in [9.17, 15) is 0 Å². The van der Waals surface area contributed by atoms with Gasteiger partial charge in [-0.2, -0.15) is 0 Å². The number of nitrogens with zero attached hydrogens (tertiary/aromatic N) is 1. The topological polar surface area (TPSA) is 3.24 Å². The Bertz CT molecular complexity index is 360. The van der Waals surface area contributed by atoms with E-state index in [-0.39, 0.29) is 0 Å². The van der Waals surface area contributed by atoms with Crippen LogP contribution in [0, 0.1) is 11.8 Å². The Morgan fingerprint density at radius 2 is 2.00 bits per heavy atom. The molecule has 1 saturated heterocycles. The molecule has 0 saturated carbocycles. The molecule has 1 unspecified atom stereocenters. The van der Waals surface area contributed by atoms with Crippen molar-refractivity contribution in [1.82, 2.24) is 4.90 Å². The van der Waals surface area contributed by atoms with E-state index in [1.54, 1.807) is 11.1 Å². The van der Waals surface area contributed by atoms with Gasteiger partial charge >= 0.3 is 0 Å². The van der Waals surface area contributed by atoms with Crippen LogP contribution in [-0.2, 0) is 0 Å². The highest BCUT2D eigenvalue weighted by atomic mass is 15.1. The number of allylic oxidation sites excluding steroid dienone is 4. The van der Waals surface area contributed by atoms with Gasteiger partial charge in [-0.15, -0.1) is 0 Å².